The van der Waals surface area contributed by atoms with E-state index >= 15 is 0 Å². The number of rotatable bonds is 7. The topological polar surface area (TPSA) is 41.3 Å². The molecular formula is C10H25N3. The second-order valence-corrected chi connectivity index (χ2v) is 3.99. The predicted molar refractivity (Wildman–Crippen MR) is 58.4 cm³/mol. The monoisotopic (exact) mass is 187 g/mol. The van der Waals surface area contributed by atoms with Crippen molar-refractivity contribution in [3.63, 3.8) is 0 Å². The van der Waals surface area contributed by atoms with E-state index in [1.807, 2.05) is 19.1 Å². The largest absolute Gasteiger partial charge is 0.329 e. The van der Waals surface area contributed by atoms with Crippen molar-refractivity contribution in [2.75, 3.05) is 20.6 Å². The van der Waals surface area contributed by atoms with Gasteiger partial charge < -0.3 is 5.73 Å². The predicted octanol–water partition coefficient (Wildman–Crippen LogP) is 1.35. The molecule has 0 rings (SSSR count). The fraction of sp³-hybridized carbons (Fsp3) is 1.00. The van der Waals surface area contributed by atoms with Crippen molar-refractivity contribution < 1.29 is 0 Å². The Kier molecular flexibility index (Phi) is 6.29. The van der Waals surface area contributed by atoms with Gasteiger partial charge in [-0.1, -0.05) is 26.7 Å². The van der Waals surface area contributed by atoms with Crippen LogP contribution in [0.5, 0.6) is 0 Å². The normalized spacial score (nSPS) is 12.5. The zero-order valence-corrected chi connectivity index (χ0v) is 9.56. The molecule has 0 spiro atoms. The van der Waals surface area contributed by atoms with E-state index in [9.17, 15) is 0 Å². The van der Waals surface area contributed by atoms with Gasteiger partial charge in [-0.15, -0.1) is 0 Å². The molecule has 0 saturated carbocycles. The molecule has 80 valence electrons. The van der Waals surface area contributed by atoms with Gasteiger partial charge in [0.15, 0.2) is 0 Å². The number of nitrogens with two attached hydrogens (primary N) is 1. The Balaban J connectivity index is 4.24. The first-order valence-electron chi connectivity index (χ1n) is 5.25. The first kappa shape index (κ1) is 12.9. The Bertz CT molecular complexity index is 117. The van der Waals surface area contributed by atoms with Gasteiger partial charge in [-0.3, -0.25) is 5.01 Å². The lowest BCUT2D eigenvalue weighted by atomic mass is 9.89. The van der Waals surface area contributed by atoms with Crippen LogP contribution < -0.4 is 11.2 Å². The van der Waals surface area contributed by atoms with Crippen molar-refractivity contribution in [1.29, 1.82) is 0 Å². The quantitative estimate of drug-likeness (QED) is 0.591. The fourth-order valence-corrected chi connectivity index (χ4v) is 1.92. The summed E-state index contributed by atoms with van der Waals surface area (Å²) in [5.74, 6) is 0. The summed E-state index contributed by atoms with van der Waals surface area (Å²) in [6.07, 6.45) is 4.65. The van der Waals surface area contributed by atoms with Gasteiger partial charge in [-0.2, -0.15) is 0 Å². The molecule has 0 fully saturated rings. The molecule has 0 heterocycles. The molecule has 0 amide bonds. The first-order chi connectivity index (χ1) is 6.10. The number of hydrazine groups is 1. The van der Waals surface area contributed by atoms with Crippen molar-refractivity contribution in [2.24, 2.45) is 5.73 Å². The van der Waals surface area contributed by atoms with Crippen molar-refractivity contribution in [2.45, 2.75) is 45.1 Å². The number of hydrogen-bond donors (Lipinski definition) is 2. The lowest BCUT2D eigenvalue weighted by molar-refractivity contribution is 0.142. The summed E-state index contributed by atoms with van der Waals surface area (Å²) in [6.45, 7) is 5.13. The van der Waals surface area contributed by atoms with Crippen LogP contribution in [0.4, 0.5) is 0 Å². The molecule has 0 aliphatic heterocycles. The minimum atomic E-state index is 0.118. The van der Waals surface area contributed by atoms with E-state index in [1.54, 1.807) is 0 Å². The molecule has 0 aliphatic carbocycles. The minimum absolute atomic E-state index is 0.118. The highest BCUT2D eigenvalue weighted by Crippen LogP contribution is 2.18. The van der Waals surface area contributed by atoms with Crippen molar-refractivity contribution in [1.82, 2.24) is 10.4 Å². The molecule has 0 atom stereocenters. The second kappa shape index (κ2) is 6.35. The molecule has 3 N–H and O–H groups in total. The Morgan fingerprint density at radius 3 is 1.85 bits per heavy atom. The maximum Gasteiger partial charge on any atom is 0.0447 e. The maximum atomic E-state index is 5.84. The van der Waals surface area contributed by atoms with Crippen LogP contribution in [0.1, 0.15) is 39.5 Å². The average Bonchev–Trinajstić information content (AvgIpc) is 2.04. The van der Waals surface area contributed by atoms with Gasteiger partial charge in [0.2, 0.25) is 0 Å². The molecule has 3 heteroatoms. The molecule has 0 aromatic heterocycles. The van der Waals surface area contributed by atoms with E-state index in [2.05, 4.69) is 19.3 Å². The van der Waals surface area contributed by atoms with Crippen molar-refractivity contribution in [3.05, 3.63) is 0 Å². The van der Waals surface area contributed by atoms with Crippen LogP contribution in [0.15, 0.2) is 0 Å². The lowest BCUT2D eigenvalue weighted by Crippen LogP contribution is -2.56. The van der Waals surface area contributed by atoms with E-state index in [4.69, 9.17) is 5.73 Å². The zero-order valence-electron chi connectivity index (χ0n) is 9.56. The summed E-state index contributed by atoms with van der Waals surface area (Å²) < 4.78 is 0. The highest BCUT2D eigenvalue weighted by Gasteiger charge is 2.26. The standard InChI is InChI=1S/C10H25N3/c1-5-7-10(9-11,8-6-2)12-13(3)4/h12H,5-9,11H2,1-4H3. The van der Waals surface area contributed by atoms with Gasteiger partial charge in [0.05, 0.1) is 0 Å². The van der Waals surface area contributed by atoms with E-state index < -0.39 is 0 Å². The summed E-state index contributed by atoms with van der Waals surface area (Å²) in [5, 5.41) is 2.01. The van der Waals surface area contributed by atoms with Crippen LogP contribution >= 0.6 is 0 Å². The summed E-state index contributed by atoms with van der Waals surface area (Å²) in [4.78, 5) is 0. The van der Waals surface area contributed by atoms with Crippen LogP contribution in [0.2, 0.25) is 0 Å². The third-order valence-electron chi connectivity index (χ3n) is 2.31. The third-order valence-corrected chi connectivity index (χ3v) is 2.31. The van der Waals surface area contributed by atoms with Crippen LogP contribution in [0.3, 0.4) is 0 Å². The minimum Gasteiger partial charge on any atom is -0.329 e. The second-order valence-electron chi connectivity index (χ2n) is 3.99. The van der Waals surface area contributed by atoms with E-state index in [1.165, 1.54) is 12.8 Å². The molecule has 0 aromatic rings. The van der Waals surface area contributed by atoms with Gasteiger partial charge in [0.1, 0.15) is 0 Å². The number of nitrogens with one attached hydrogen (secondary N) is 1. The molecule has 0 saturated heterocycles. The highest BCUT2D eigenvalue weighted by atomic mass is 15.5. The van der Waals surface area contributed by atoms with Crippen LogP contribution in [-0.2, 0) is 0 Å². The van der Waals surface area contributed by atoms with Crippen LogP contribution in [-0.4, -0.2) is 31.2 Å². The fourth-order valence-electron chi connectivity index (χ4n) is 1.92. The van der Waals surface area contributed by atoms with Gasteiger partial charge in [-0.05, 0) is 12.8 Å². The molecular weight excluding hydrogens is 162 g/mol. The van der Waals surface area contributed by atoms with E-state index in [0.717, 1.165) is 12.8 Å². The summed E-state index contributed by atoms with van der Waals surface area (Å²) >= 11 is 0. The Morgan fingerprint density at radius 1 is 1.15 bits per heavy atom. The van der Waals surface area contributed by atoms with Crippen molar-refractivity contribution >= 4 is 0 Å². The van der Waals surface area contributed by atoms with Crippen molar-refractivity contribution in [3.8, 4) is 0 Å². The molecule has 0 radical (unpaired) electrons. The van der Waals surface area contributed by atoms with E-state index in [-0.39, 0.29) is 5.54 Å². The van der Waals surface area contributed by atoms with E-state index in [0.29, 0.717) is 6.54 Å². The molecule has 0 aromatic carbocycles. The SMILES string of the molecule is CCCC(CN)(CCC)NN(C)C. The molecule has 0 aliphatic rings. The lowest BCUT2D eigenvalue weighted by Gasteiger charge is -2.36. The molecule has 0 bridgehead atoms. The number of nitrogens with zero attached hydrogens (tertiary/aromatic N) is 1. The van der Waals surface area contributed by atoms with Gasteiger partial charge >= 0.3 is 0 Å². The smallest absolute Gasteiger partial charge is 0.0447 e. The Morgan fingerprint density at radius 2 is 1.62 bits per heavy atom. The molecule has 3 nitrogen and oxygen atoms in total. The maximum absolute atomic E-state index is 5.84. The summed E-state index contributed by atoms with van der Waals surface area (Å²) in [7, 11) is 4.05. The average molecular weight is 187 g/mol. The first-order valence-corrected chi connectivity index (χ1v) is 5.25. The Hall–Kier alpha value is -0.120. The highest BCUT2D eigenvalue weighted by molar-refractivity contribution is 4.86. The number of hydrogen-bond acceptors (Lipinski definition) is 3. The third kappa shape index (κ3) is 4.60. The van der Waals surface area contributed by atoms with Gasteiger partial charge in [0, 0.05) is 26.2 Å². The van der Waals surface area contributed by atoms with Gasteiger partial charge in [0.25, 0.3) is 0 Å². The summed E-state index contributed by atoms with van der Waals surface area (Å²) in [6, 6.07) is 0. The molecule has 0 unspecified atom stereocenters. The van der Waals surface area contributed by atoms with Crippen LogP contribution in [0, 0.1) is 0 Å². The van der Waals surface area contributed by atoms with Crippen LogP contribution in [0.25, 0.3) is 0 Å². The van der Waals surface area contributed by atoms with Gasteiger partial charge in [-0.25, -0.2) is 5.43 Å². The molecule has 13 heavy (non-hydrogen) atoms. The Labute approximate surface area is 82.6 Å². The zero-order chi connectivity index (χ0) is 10.3. The summed E-state index contributed by atoms with van der Waals surface area (Å²) in [5.41, 5.74) is 9.41.